The van der Waals surface area contributed by atoms with E-state index in [1.165, 1.54) is 0 Å². The monoisotopic (exact) mass is 253 g/mol. The first-order valence-electron chi connectivity index (χ1n) is 6.73. The van der Waals surface area contributed by atoms with Gasteiger partial charge in [0.05, 0.1) is 11.6 Å². The molecule has 0 unspecified atom stereocenters. The Hall–Kier alpha value is -2.05. The number of fused-ring (bicyclic) bond motifs is 1. The molecule has 3 heteroatoms. The molecule has 0 fully saturated rings. The standard InChI is InChI=1S/C16H19N3/c1-2-9-18-10-11-19-16-8-7-13(12-17)14-5-3-4-6-15(14)16/h3-8,18-19H,2,9-11H2,1H3. The van der Waals surface area contributed by atoms with Crippen LogP contribution >= 0.6 is 0 Å². The Labute approximate surface area is 114 Å². The second-order valence-electron chi connectivity index (χ2n) is 4.49. The second kappa shape index (κ2) is 6.77. The van der Waals surface area contributed by atoms with Crippen molar-refractivity contribution >= 4 is 16.5 Å². The molecule has 2 N–H and O–H groups in total. The zero-order valence-electron chi connectivity index (χ0n) is 11.2. The Morgan fingerprint density at radius 1 is 1.00 bits per heavy atom. The third-order valence-electron chi connectivity index (χ3n) is 3.09. The van der Waals surface area contributed by atoms with E-state index >= 15 is 0 Å². The average molecular weight is 253 g/mol. The number of nitrogens with one attached hydrogen (secondary N) is 2. The molecular weight excluding hydrogens is 234 g/mol. The van der Waals surface area contributed by atoms with Gasteiger partial charge in [-0.2, -0.15) is 5.26 Å². The van der Waals surface area contributed by atoms with Crippen molar-refractivity contribution in [1.29, 1.82) is 5.26 Å². The molecule has 0 aliphatic rings. The third kappa shape index (κ3) is 3.24. The minimum atomic E-state index is 0.727. The van der Waals surface area contributed by atoms with Crippen molar-refractivity contribution in [2.75, 3.05) is 25.0 Å². The van der Waals surface area contributed by atoms with Crippen molar-refractivity contribution in [1.82, 2.24) is 5.32 Å². The second-order valence-corrected chi connectivity index (χ2v) is 4.49. The Balaban J connectivity index is 2.14. The Morgan fingerprint density at radius 3 is 2.53 bits per heavy atom. The van der Waals surface area contributed by atoms with E-state index in [9.17, 15) is 0 Å². The molecule has 0 bridgehead atoms. The van der Waals surface area contributed by atoms with Gasteiger partial charge >= 0.3 is 0 Å². The number of anilines is 1. The van der Waals surface area contributed by atoms with Gasteiger partial charge in [0.1, 0.15) is 0 Å². The van der Waals surface area contributed by atoms with Gasteiger partial charge in [0.15, 0.2) is 0 Å². The van der Waals surface area contributed by atoms with E-state index in [1.807, 2.05) is 30.3 Å². The van der Waals surface area contributed by atoms with Crippen LogP contribution in [0.25, 0.3) is 10.8 Å². The fourth-order valence-electron chi connectivity index (χ4n) is 2.14. The van der Waals surface area contributed by atoms with E-state index in [0.717, 1.165) is 48.1 Å². The topological polar surface area (TPSA) is 47.8 Å². The smallest absolute Gasteiger partial charge is 0.0998 e. The fraction of sp³-hybridized carbons (Fsp3) is 0.312. The van der Waals surface area contributed by atoms with Gasteiger partial charge in [-0.05, 0) is 25.1 Å². The summed E-state index contributed by atoms with van der Waals surface area (Å²) in [6.45, 7) is 5.04. The van der Waals surface area contributed by atoms with Crippen LogP contribution in [0.1, 0.15) is 18.9 Å². The largest absolute Gasteiger partial charge is 0.383 e. The quantitative estimate of drug-likeness (QED) is 0.778. The molecule has 0 saturated carbocycles. The molecule has 2 rings (SSSR count). The number of hydrogen-bond acceptors (Lipinski definition) is 3. The first-order valence-corrected chi connectivity index (χ1v) is 6.73. The highest BCUT2D eigenvalue weighted by Gasteiger charge is 2.04. The fourth-order valence-corrected chi connectivity index (χ4v) is 2.14. The number of benzene rings is 2. The molecule has 0 heterocycles. The molecule has 19 heavy (non-hydrogen) atoms. The Morgan fingerprint density at radius 2 is 1.79 bits per heavy atom. The van der Waals surface area contributed by atoms with Gasteiger partial charge in [0, 0.05) is 29.5 Å². The van der Waals surface area contributed by atoms with Crippen molar-refractivity contribution < 1.29 is 0 Å². The van der Waals surface area contributed by atoms with E-state index in [0.29, 0.717) is 0 Å². The minimum absolute atomic E-state index is 0.727. The summed E-state index contributed by atoms with van der Waals surface area (Å²) in [6, 6.07) is 14.1. The summed E-state index contributed by atoms with van der Waals surface area (Å²) < 4.78 is 0. The molecule has 0 amide bonds. The van der Waals surface area contributed by atoms with E-state index in [4.69, 9.17) is 5.26 Å². The average Bonchev–Trinajstić information content (AvgIpc) is 2.47. The summed E-state index contributed by atoms with van der Waals surface area (Å²) in [6.07, 6.45) is 1.15. The van der Waals surface area contributed by atoms with E-state index in [1.54, 1.807) is 0 Å². The third-order valence-corrected chi connectivity index (χ3v) is 3.09. The predicted octanol–water partition coefficient (Wildman–Crippen LogP) is 3.12. The van der Waals surface area contributed by atoms with Crippen LogP contribution < -0.4 is 10.6 Å². The van der Waals surface area contributed by atoms with Crippen LogP contribution in [0.3, 0.4) is 0 Å². The minimum Gasteiger partial charge on any atom is -0.383 e. The van der Waals surface area contributed by atoms with Crippen LogP contribution in [0, 0.1) is 11.3 Å². The van der Waals surface area contributed by atoms with Crippen molar-refractivity contribution in [2.24, 2.45) is 0 Å². The lowest BCUT2D eigenvalue weighted by molar-refractivity contribution is 0.688. The highest BCUT2D eigenvalue weighted by molar-refractivity contribution is 5.97. The molecule has 0 aliphatic carbocycles. The van der Waals surface area contributed by atoms with Crippen molar-refractivity contribution in [3.63, 3.8) is 0 Å². The van der Waals surface area contributed by atoms with Crippen LogP contribution in [0.5, 0.6) is 0 Å². The Bertz CT molecular complexity index is 584. The van der Waals surface area contributed by atoms with Gasteiger partial charge < -0.3 is 10.6 Å². The first kappa shape index (κ1) is 13.4. The van der Waals surface area contributed by atoms with E-state index < -0.39 is 0 Å². The van der Waals surface area contributed by atoms with Gasteiger partial charge in [-0.25, -0.2) is 0 Å². The van der Waals surface area contributed by atoms with Crippen LogP contribution in [0.15, 0.2) is 36.4 Å². The summed E-state index contributed by atoms with van der Waals surface area (Å²) in [5, 5.41) is 18.0. The van der Waals surface area contributed by atoms with E-state index in [2.05, 4.69) is 29.7 Å². The summed E-state index contributed by atoms with van der Waals surface area (Å²) >= 11 is 0. The number of hydrogen-bond donors (Lipinski definition) is 2. The number of nitrogens with zero attached hydrogens (tertiary/aromatic N) is 1. The van der Waals surface area contributed by atoms with Crippen LogP contribution in [0.4, 0.5) is 5.69 Å². The zero-order valence-corrected chi connectivity index (χ0v) is 11.2. The maximum absolute atomic E-state index is 9.12. The van der Waals surface area contributed by atoms with Crippen LogP contribution in [-0.2, 0) is 0 Å². The first-order chi connectivity index (χ1) is 9.36. The van der Waals surface area contributed by atoms with Crippen molar-refractivity contribution in [3.8, 4) is 6.07 Å². The van der Waals surface area contributed by atoms with Crippen molar-refractivity contribution in [3.05, 3.63) is 42.0 Å². The lowest BCUT2D eigenvalue weighted by Gasteiger charge is -2.11. The molecule has 2 aromatic rings. The Kier molecular flexibility index (Phi) is 4.77. The molecule has 0 aliphatic heterocycles. The molecule has 0 atom stereocenters. The van der Waals surface area contributed by atoms with Crippen molar-refractivity contribution in [2.45, 2.75) is 13.3 Å². The molecular formula is C16H19N3. The van der Waals surface area contributed by atoms with Crippen LogP contribution in [0.2, 0.25) is 0 Å². The maximum atomic E-state index is 9.12. The molecule has 0 spiro atoms. The summed E-state index contributed by atoms with van der Waals surface area (Å²) in [7, 11) is 0. The normalized spacial score (nSPS) is 10.3. The zero-order chi connectivity index (χ0) is 13.5. The van der Waals surface area contributed by atoms with Gasteiger partial charge in [0.2, 0.25) is 0 Å². The number of rotatable bonds is 6. The van der Waals surface area contributed by atoms with Gasteiger partial charge in [-0.3, -0.25) is 0 Å². The molecule has 0 radical (unpaired) electrons. The van der Waals surface area contributed by atoms with Gasteiger partial charge in [-0.15, -0.1) is 0 Å². The number of nitriles is 1. The molecule has 3 nitrogen and oxygen atoms in total. The highest BCUT2D eigenvalue weighted by atomic mass is 14.9. The summed E-state index contributed by atoms with van der Waals surface area (Å²) in [5.74, 6) is 0. The molecule has 98 valence electrons. The molecule has 2 aromatic carbocycles. The lowest BCUT2D eigenvalue weighted by atomic mass is 10.0. The maximum Gasteiger partial charge on any atom is 0.0998 e. The molecule has 0 saturated heterocycles. The SMILES string of the molecule is CCCNCCNc1ccc(C#N)c2ccccc12. The lowest BCUT2D eigenvalue weighted by Crippen LogP contribution is -2.22. The highest BCUT2D eigenvalue weighted by Crippen LogP contribution is 2.25. The van der Waals surface area contributed by atoms with Gasteiger partial charge in [0.25, 0.3) is 0 Å². The predicted molar refractivity (Wildman–Crippen MR) is 80.3 cm³/mol. The molecule has 0 aromatic heterocycles. The van der Waals surface area contributed by atoms with Gasteiger partial charge in [-0.1, -0.05) is 31.2 Å². The van der Waals surface area contributed by atoms with Crippen LogP contribution in [-0.4, -0.2) is 19.6 Å². The van der Waals surface area contributed by atoms with E-state index in [-0.39, 0.29) is 0 Å². The summed E-state index contributed by atoms with van der Waals surface area (Å²) in [5.41, 5.74) is 1.82. The summed E-state index contributed by atoms with van der Waals surface area (Å²) in [4.78, 5) is 0.